The Labute approximate surface area is 158 Å². The van der Waals surface area contributed by atoms with Crippen LogP contribution in [-0.4, -0.2) is 5.71 Å². The van der Waals surface area contributed by atoms with Gasteiger partial charge in [0, 0.05) is 6.42 Å². The van der Waals surface area contributed by atoms with Gasteiger partial charge in [-0.2, -0.15) is 15.6 Å². The Balaban J connectivity index is 1.72. The summed E-state index contributed by atoms with van der Waals surface area (Å²) in [6.07, 6.45) is 0.757. The average Bonchev–Trinajstić information content (AvgIpc) is 3.20. The van der Waals surface area contributed by atoms with Crippen LogP contribution in [0.25, 0.3) is 0 Å². The highest BCUT2D eigenvalue weighted by atomic mass is 15.5. The minimum absolute atomic E-state index is 0.0609. The first kappa shape index (κ1) is 16.6. The third kappa shape index (κ3) is 3.29. The molecular weight excluding hydrogens is 332 g/mol. The molecule has 1 aliphatic heterocycles. The number of rotatable bonds is 3. The summed E-state index contributed by atoms with van der Waals surface area (Å²) in [5.74, 6) is 0. The van der Waals surface area contributed by atoms with Crippen molar-refractivity contribution in [3.05, 3.63) is 101 Å². The molecule has 1 heterocycles. The predicted octanol–water partition coefficient (Wildman–Crippen LogP) is 4.79. The summed E-state index contributed by atoms with van der Waals surface area (Å²) in [4.78, 5) is 0. The van der Waals surface area contributed by atoms with Gasteiger partial charge in [-0.05, 0) is 47.5 Å². The Morgan fingerprint density at radius 1 is 0.778 bits per heavy atom. The molecule has 0 N–H and O–H groups in total. The quantitative estimate of drug-likeness (QED) is 0.684. The Hall–Kier alpha value is -3.89. The molecule has 1 atom stereocenters. The Kier molecular flexibility index (Phi) is 4.39. The third-order valence-electron chi connectivity index (χ3n) is 4.70. The van der Waals surface area contributed by atoms with E-state index in [9.17, 15) is 0 Å². The van der Waals surface area contributed by atoms with E-state index in [4.69, 9.17) is 15.6 Å². The van der Waals surface area contributed by atoms with Gasteiger partial charge in [0.2, 0.25) is 0 Å². The fourth-order valence-corrected chi connectivity index (χ4v) is 3.28. The molecular formula is C23H16N4. The molecule has 0 fully saturated rings. The number of para-hydroxylation sites is 1. The van der Waals surface area contributed by atoms with Crippen molar-refractivity contribution in [2.75, 3.05) is 5.01 Å². The van der Waals surface area contributed by atoms with E-state index in [1.165, 1.54) is 0 Å². The molecule has 1 unspecified atom stereocenters. The van der Waals surface area contributed by atoms with Gasteiger partial charge in [0.15, 0.2) is 0 Å². The lowest BCUT2D eigenvalue weighted by molar-refractivity contribution is 0.709. The number of anilines is 1. The molecule has 0 aromatic heterocycles. The zero-order chi connectivity index (χ0) is 18.6. The molecule has 1 aliphatic rings. The van der Waals surface area contributed by atoms with Crippen LogP contribution in [0.3, 0.4) is 0 Å². The van der Waals surface area contributed by atoms with E-state index in [0.29, 0.717) is 11.1 Å². The molecule has 3 aromatic rings. The Morgan fingerprint density at radius 3 is 1.96 bits per heavy atom. The van der Waals surface area contributed by atoms with Gasteiger partial charge in [0.25, 0.3) is 0 Å². The maximum absolute atomic E-state index is 9.05. The molecule has 0 radical (unpaired) electrons. The molecule has 0 aliphatic carbocycles. The van der Waals surface area contributed by atoms with Crippen LogP contribution in [0.5, 0.6) is 0 Å². The molecule has 4 heteroatoms. The van der Waals surface area contributed by atoms with Gasteiger partial charge < -0.3 is 0 Å². The van der Waals surface area contributed by atoms with Gasteiger partial charge in [0.1, 0.15) is 0 Å². The van der Waals surface area contributed by atoms with Crippen molar-refractivity contribution in [2.24, 2.45) is 5.10 Å². The van der Waals surface area contributed by atoms with Crippen LogP contribution in [0.2, 0.25) is 0 Å². The summed E-state index contributed by atoms with van der Waals surface area (Å²) in [6.45, 7) is 0. The van der Waals surface area contributed by atoms with Crippen molar-refractivity contribution < 1.29 is 0 Å². The number of hydrogen-bond acceptors (Lipinski definition) is 4. The van der Waals surface area contributed by atoms with Crippen LogP contribution >= 0.6 is 0 Å². The lowest BCUT2D eigenvalue weighted by Crippen LogP contribution is -2.18. The van der Waals surface area contributed by atoms with Crippen molar-refractivity contribution in [2.45, 2.75) is 12.5 Å². The molecule has 27 heavy (non-hydrogen) atoms. The van der Waals surface area contributed by atoms with Gasteiger partial charge in [-0.25, -0.2) is 0 Å². The Morgan fingerprint density at radius 2 is 1.37 bits per heavy atom. The first-order valence-electron chi connectivity index (χ1n) is 8.71. The molecule has 128 valence electrons. The van der Waals surface area contributed by atoms with Crippen LogP contribution in [-0.2, 0) is 0 Å². The summed E-state index contributed by atoms with van der Waals surface area (Å²) in [5, 5.41) is 25.0. The number of nitriles is 2. The average molecular weight is 348 g/mol. The second-order valence-electron chi connectivity index (χ2n) is 6.37. The highest BCUT2D eigenvalue weighted by Crippen LogP contribution is 2.36. The minimum atomic E-state index is 0.0609. The second kappa shape index (κ2) is 7.15. The number of hydrogen-bond donors (Lipinski definition) is 0. The monoisotopic (exact) mass is 348 g/mol. The standard InChI is InChI=1S/C23H16N4/c24-15-17-6-10-19(11-7-17)22-14-23(20-12-8-18(16-25)9-13-20)27(26-22)21-4-2-1-3-5-21/h1-13,23H,14H2. The number of benzene rings is 3. The maximum atomic E-state index is 9.05. The van der Waals surface area contributed by atoms with Crippen LogP contribution in [0.15, 0.2) is 84.0 Å². The van der Waals surface area contributed by atoms with Crippen LogP contribution in [0.4, 0.5) is 5.69 Å². The van der Waals surface area contributed by atoms with Gasteiger partial charge in [-0.3, -0.25) is 5.01 Å². The van der Waals surface area contributed by atoms with Gasteiger partial charge in [-0.15, -0.1) is 0 Å². The second-order valence-corrected chi connectivity index (χ2v) is 6.37. The largest absolute Gasteiger partial charge is 0.257 e. The van der Waals surface area contributed by atoms with E-state index >= 15 is 0 Å². The van der Waals surface area contributed by atoms with Crippen molar-refractivity contribution in [1.29, 1.82) is 10.5 Å². The number of nitrogens with zero attached hydrogens (tertiary/aromatic N) is 4. The van der Waals surface area contributed by atoms with Crippen molar-refractivity contribution in [1.82, 2.24) is 0 Å². The van der Waals surface area contributed by atoms with E-state index < -0.39 is 0 Å². The smallest absolute Gasteiger partial charge is 0.0991 e. The van der Waals surface area contributed by atoms with E-state index in [1.54, 1.807) is 0 Å². The molecule has 0 spiro atoms. The minimum Gasteiger partial charge on any atom is -0.257 e. The molecule has 0 amide bonds. The Bertz CT molecular complexity index is 1050. The summed E-state index contributed by atoms with van der Waals surface area (Å²) in [7, 11) is 0. The van der Waals surface area contributed by atoms with Crippen molar-refractivity contribution in [3.8, 4) is 12.1 Å². The molecule has 3 aromatic carbocycles. The van der Waals surface area contributed by atoms with E-state index in [0.717, 1.165) is 28.9 Å². The third-order valence-corrected chi connectivity index (χ3v) is 4.70. The lowest BCUT2D eigenvalue weighted by Gasteiger charge is -2.24. The zero-order valence-corrected chi connectivity index (χ0v) is 14.6. The summed E-state index contributed by atoms with van der Waals surface area (Å²) < 4.78 is 0. The normalized spacial score (nSPS) is 15.7. The zero-order valence-electron chi connectivity index (χ0n) is 14.6. The first-order chi connectivity index (χ1) is 13.3. The van der Waals surface area contributed by atoms with Crippen LogP contribution in [0.1, 0.15) is 34.7 Å². The van der Waals surface area contributed by atoms with E-state index in [-0.39, 0.29) is 6.04 Å². The van der Waals surface area contributed by atoms with Crippen LogP contribution < -0.4 is 5.01 Å². The van der Waals surface area contributed by atoms with Crippen molar-refractivity contribution in [3.63, 3.8) is 0 Å². The van der Waals surface area contributed by atoms with Gasteiger partial charge in [-0.1, -0.05) is 42.5 Å². The first-order valence-corrected chi connectivity index (χ1v) is 8.71. The van der Waals surface area contributed by atoms with E-state index in [1.807, 2.05) is 83.9 Å². The summed E-state index contributed by atoms with van der Waals surface area (Å²) in [6, 6.07) is 29.7. The van der Waals surface area contributed by atoms with Crippen molar-refractivity contribution >= 4 is 11.4 Å². The highest BCUT2D eigenvalue weighted by molar-refractivity contribution is 6.03. The number of hydrazone groups is 1. The molecule has 4 nitrogen and oxygen atoms in total. The van der Waals surface area contributed by atoms with Crippen LogP contribution in [0, 0.1) is 22.7 Å². The summed E-state index contributed by atoms with van der Waals surface area (Å²) >= 11 is 0. The fourth-order valence-electron chi connectivity index (χ4n) is 3.28. The highest BCUT2D eigenvalue weighted by Gasteiger charge is 2.29. The summed E-state index contributed by atoms with van der Waals surface area (Å²) in [5.41, 5.74) is 5.43. The molecule has 4 rings (SSSR count). The predicted molar refractivity (Wildman–Crippen MR) is 105 cm³/mol. The fraction of sp³-hybridized carbons (Fsp3) is 0.0870. The molecule has 0 saturated carbocycles. The SMILES string of the molecule is N#Cc1ccc(C2=NN(c3ccccc3)C(c3ccc(C#N)cc3)C2)cc1. The van der Waals surface area contributed by atoms with Gasteiger partial charge in [0.05, 0.1) is 40.7 Å². The lowest BCUT2D eigenvalue weighted by atomic mass is 9.97. The van der Waals surface area contributed by atoms with Gasteiger partial charge >= 0.3 is 0 Å². The topological polar surface area (TPSA) is 63.2 Å². The maximum Gasteiger partial charge on any atom is 0.0991 e. The van der Waals surface area contributed by atoms with E-state index in [2.05, 4.69) is 12.1 Å². The molecule has 0 bridgehead atoms. The molecule has 0 saturated heterocycles.